The van der Waals surface area contributed by atoms with Gasteiger partial charge in [0.05, 0.1) is 6.67 Å². The topological polar surface area (TPSA) is 0 Å². The van der Waals surface area contributed by atoms with Gasteiger partial charge in [-0.2, -0.15) is 0 Å². The third kappa shape index (κ3) is 7.43. The monoisotopic (exact) mass is 462 g/mol. The number of alkyl halides is 1. The lowest BCUT2D eigenvalue weighted by atomic mass is 9.68. The minimum Gasteiger partial charge on any atom is -0.251 e. The summed E-state index contributed by atoms with van der Waals surface area (Å²) >= 11 is 0. The zero-order valence-electron chi connectivity index (χ0n) is 21.6. The molecule has 0 atom stereocenters. The van der Waals surface area contributed by atoms with Gasteiger partial charge in [0.2, 0.25) is 0 Å². The van der Waals surface area contributed by atoms with Crippen molar-refractivity contribution in [2.24, 2.45) is 23.7 Å². The Morgan fingerprint density at radius 2 is 1.06 bits per heavy atom. The number of unbranched alkanes of at least 4 members (excludes halogenated alkanes) is 2. The highest BCUT2D eigenvalue weighted by Gasteiger charge is 2.30. The van der Waals surface area contributed by atoms with Crippen LogP contribution in [0, 0.1) is 23.7 Å². The largest absolute Gasteiger partial charge is 0.251 e. The first kappa shape index (κ1) is 25.5. The first-order chi connectivity index (χ1) is 16.7. The highest BCUT2D eigenvalue weighted by atomic mass is 19.1. The zero-order chi connectivity index (χ0) is 23.6. The van der Waals surface area contributed by atoms with Crippen molar-refractivity contribution in [3.05, 3.63) is 59.7 Å². The normalized spacial score (nSPS) is 25.4. The Kier molecular flexibility index (Phi) is 10.1. The highest BCUT2D eigenvalue weighted by molar-refractivity contribution is 5.64. The molecule has 0 amide bonds. The van der Waals surface area contributed by atoms with Crippen LogP contribution in [0.1, 0.15) is 102 Å². The molecule has 0 bridgehead atoms. The van der Waals surface area contributed by atoms with Gasteiger partial charge in [-0.25, -0.2) is 0 Å². The molecule has 2 aromatic carbocycles. The molecular weight excluding hydrogens is 415 g/mol. The van der Waals surface area contributed by atoms with E-state index in [0.717, 1.165) is 29.2 Å². The molecule has 1 heteroatoms. The number of hydrogen-bond acceptors (Lipinski definition) is 0. The van der Waals surface area contributed by atoms with Crippen LogP contribution in [0.15, 0.2) is 48.5 Å². The zero-order valence-corrected chi connectivity index (χ0v) is 21.6. The first-order valence-electron chi connectivity index (χ1n) is 14.5. The van der Waals surface area contributed by atoms with Crippen molar-refractivity contribution in [2.45, 2.75) is 103 Å². The number of benzene rings is 2. The van der Waals surface area contributed by atoms with Crippen LogP contribution in [0.3, 0.4) is 0 Å². The number of rotatable bonds is 11. The van der Waals surface area contributed by atoms with Crippen molar-refractivity contribution in [2.75, 3.05) is 6.67 Å². The molecule has 0 aromatic heterocycles. The van der Waals surface area contributed by atoms with E-state index in [2.05, 4.69) is 55.5 Å². The molecule has 0 unspecified atom stereocenters. The third-order valence-corrected chi connectivity index (χ3v) is 9.13. The molecule has 0 spiro atoms. The van der Waals surface area contributed by atoms with Crippen LogP contribution in [-0.2, 0) is 12.8 Å². The first-order valence-corrected chi connectivity index (χ1v) is 14.5. The van der Waals surface area contributed by atoms with Crippen molar-refractivity contribution in [3.8, 4) is 11.1 Å². The lowest BCUT2D eigenvalue weighted by Crippen LogP contribution is -2.26. The van der Waals surface area contributed by atoms with Crippen molar-refractivity contribution in [1.29, 1.82) is 0 Å². The molecule has 34 heavy (non-hydrogen) atoms. The second-order valence-electron chi connectivity index (χ2n) is 11.4. The summed E-state index contributed by atoms with van der Waals surface area (Å²) in [5, 5.41) is 0. The maximum absolute atomic E-state index is 12.5. The van der Waals surface area contributed by atoms with Crippen molar-refractivity contribution in [1.82, 2.24) is 0 Å². The summed E-state index contributed by atoms with van der Waals surface area (Å²) in [6.45, 7) is 2.04. The summed E-state index contributed by atoms with van der Waals surface area (Å²) in [4.78, 5) is 0. The molecule has 0 aliphatic heterocycles. The van der Waals surface area contributed by atoms with E-state index in [0.29, 0.717) is 6.42 Å². The Hall–Kier alpha value is -1.63. The Morgan fingerprint density at radius 3 is 1.53 bits per heavy atom. The third-order valence-electron chi connectivity index (χ3n) is 9.13. The Balaban J connectivity index is 1.15. The average Bonchev–Trinajstić information content (AvgIpc) is 2.89. The quantitative estimate of drug-likeness (QED) is 0.291. The van der Waals surface area contributed by atoms with Crippen LogP contribution < -0.4 is 0 Å². The number of hydrogen-bond donors (Lipinski definition) is 0. The molecule has 0 saturated heterocycles. The lowest BCUT2D eigenvalue weighted by Gasteiger charge is -2.38. The van der Waals surface area contributed by atoms with Gasteiger partial charge in [-0.1, -0.05) is 107 Å². The van der Waals surface area contributed by atoms with E-state index >= 15 is 0 Å². The lowest BCUT2D eigenvalue weighted by molar-refractivity contribution is 0.140. The van der Waals surface area contributed by atoms with E-state index in [-0.39, 0.29) is 6.67 Å². The van der Waals surface area contributed by atoms with E-state index in [1.54, 1.807) is 0 Å². The smallest absolute Gasteiger partial charge is 0.0934 e. The van der Waals surface area contributed by atoms with Gasteiger partial charge in [0, 0.05) is 6.42 Å². The van der Waals surface area contributed by atoms with Crippen LogP contribution >= 0.6 is 0 Å². The van der Waals surface area contributed by atoms with E-state index in [1.807, 2.05) is 0 Å². The summed E-state index contributed by atoms with van der Waals surface area (Å²) < 4.78 is 12.5. The summed E-state index contributed by atoms with van der Waals surface area (Å²) in [7, 11) is 0. The fraction of sp³-hybridized carbons (Fsp3) is 0.636. The van der Waals surface area contributed by atoms with Crippen LogP contribution in [0.4, 0.5) is 4.39 Å². The Labute approximate surface area is 208 Å². The van der Waals surface area contributed by atoms with Crippen LogP contribution in [0.25, 0.3) is 11.1 Å². The second-order valence-corrected chi connectivity index (χ2v) is 11.4. The SMILES string of the molecule is CCCCC[C@H]1CC[C@H](C2CCC(CCc3ccc(-c4ccc(CCF)cc4)cc3)CC2)CC1. The molecular formula is C33H47F. The molecule has 0 heterocycles. The standard InChI is InChI=1S/C33H47F/c1-2-3-4-5-26-8-16-30(17-9-26)31-18-10-27(11-19-31)6-7-28-12-20-32(21-13-28)33-22-14-29(15-23-33)24-25-34/h12-15,20-23,26-27,30-31H,2-11,16-19,24-25H2,1H3/t26-,27?,30-,31?. The molecule has 2 saturated carbocycles. The molecule has 186 valence electrons. The predicted molar refractivity (Wildman–Crippen MR) is 145 cm³/mol. The van der Waals surface area contributed by atoms with E-state index in [4.69, 9.17) is 0 Å². The maximum Gasteiger partial charge on any atom is 0.0934 e. The molecule has 0 nitrogen and oxygen atoms in total. The number of aryl methyl sites for hydroxylation is 2. The van der Waals surface area contributed by atoms with Crippen molar-refractivity contribution >= 4 is 0 Å². The van der Waals surface area contributed by atoms with Gasteiger partial charge in [-0.3, -0.25) is 4.39 Å². The van der Waals surface area contributed by atoms with E-state index in [9.17, 15) is 4.39 Å². The van der Waals surface area contributed by atoms with Gasteiger partial charge in [-0.15, -0.1) is 0 Å². The van der Waals surface area contributed by atoms with E-state index in [1.165, 1.54) is 107 Å². The molecule has 0 radical (unpaired) electrons. The van der Waals surface area contributed by atoms with Gasteiger partial charge in [-0.05, 0) is 84.5 Å². The minimum absolute atomic E-state index is 0.282. The average molecular weight is 463 g/mol. The van der Waals surface area contributed by atoms with Gasteiger partial charge >= 0.3 is 0 Å². The Morgan fingerprint density at radius 1 is 0.588 bits per heavy atom. The summed E-state index contributed by atoms with van der Waals surface area (Å²) in [6, 6.07) is 17.5. The van der Waals surface area contributed by atoms with Gasteiger partial charge in [0.15, 0.2) is 0 Å². The molecule has 2 fully saturated rings. The minimum atomic E-state index is -0.282. The van der Waals surface area contributed by atoms with Crippen molar-refractivity contribution in [3.63, 3.8) is 0 Å². The highest BCUT2D eigenvalue weighted by Crippen LogP contribution is 2.43. The van der Waals surface area contributed by atoms with E-state index < -0.39 is 0 Å². The van der Waals surface area contributed by atoms with Crippen LogP contribution in [-0.4, -0.2) is 6.67 Å². The second kappa shape index (κ2) is 13.5. The molecule has 2 aliphatic rings. The fourth-order valence-corrected chi connectivity index (χ4v) is 6.79. The fourth-order valence-electron chi connectivity index (χ4n) is 6.79. The summed E-state index contributed by atoms with van der Waals surface area (Å²) in [5.41, 5.74) is 5.03. The van der Waals surface area contributed by atoms with Gasteiger partial charge < -0.3 is 0 Å². The van der Waals surface area contributed by atoms with Gasteiger partial charge in [0.25, 0.3) is 0 Å². The maximum atomic E-state index is 12.5. The molecule has 2 aromatic rings. The van der Waals surface area contributed by atoms with Crippen molar-refractivity contribution < 1.29 is 4.39 Å². The molecule has 2 aliphatic carbocycles. The number of halogens is 1. The Bertz CT molecular complexity index is 805. The predicted octanol–water partition coefficient (Wildman–Crippen LogP) is 9.99. The summed E-state index contributed by atoms with van der Waals surface area (Å²) in [5.74, 6) is 4.06. The molecule has 0 N–H and O–H groups in total. The van der Waals surface area contributed by atoms with Crippen LogP contribution in [0.2, 0.25) is 0 Å². The molecule has 4 rings (SSSR count). The summed E-state index contributed by atoms with van der Waals surface area (Å²) in [6.07, 6.45) is 20.9. The van der Waals surface area contributed by atoms with Crippen LogP contribution in [0.5, 0.6) is 0 Å². The van der Waals surface area contributed by atoms with Gasteiger partial charge in [0.1, 0.15) is 0 Å².